The first-order valence-corrected chi connectivity index (χ1v) is 5.84. The van der Waals surface area contributed by atoms with E-state index in [2.05, 4.69) is 10.5 Å². The largest absolute Gasteiger partial charge is 0.361 e. The molecule has 94 valence electrons. The summed E-state index contributed by atoms with van der Waals surface area (Å²) in [5.74, 6) is 0.626. The van der Waals surface area contributed by atoms with Gasteiger partial charge in [0.15, 0.2) is 0 Å². The number of hydrogen-bond donors (Lipinski definition) is 1. The highest BCUT2D eigenvalue weighted by Gasteiger charge is 2.09. The highest BCUT2D eigenvalue weighted by molar-refractivity contribution is 5.92. The van der Waals surface area contributed by atoms with Crippen molar-refractivity contribution in [2.24, 2.45) is 0 Å². The minimum Gasteiger partial charge on any atom is -0.361 e. The van der Waals surface area contributed by atoms with Gasteiger partial charge < -0.3 is 9.84 Å². The minimum absolute atomic E-state index is 0.0861. The van der Waals surface area contributed by atoms with Crippen LogP contribution in [-0.2, 0) is 11.2 Å². The van der Waals surface area contributed by atoms with E-state index in [4.69, 9.17) is 4.52 Å². The SMILES string of the molecule is Cc1cc(CC(=O)Nc2cccc(C)c2C)no1. The van der Waals surface area contributed by atoms with Gasteiger partial charge in [-0.05, 0) is 38.0 Å². The molecule has 0 radical (unpaired) electrons. The number of anilines is 1. The average molecular weight is 244 g/mol. The number of carbonyl (C=O) groups is 1. The number of hydrogen-bond acceptors (Lipinski definition) is 3. The highest BCUT2D eigenvalue weighted by Crippen LogP contribution is 2.18. The Morgan fingerprint density at radius 1 is 1.33 bits per heavy atom. The van der Waals surface area contributed by atoms with Gasteiger partial charge in [-0.2, -0.15) is 0 Å². The third-order valence-electron chi connectivity index (χ3n) is 2.90. The number of aromatic nitrogens is 1. The molecular weight excluding hydrogens is 228 g/mol. The van der Waals surface area contributed by atoms with Crippen molar-refractivity contribution in [3.05, 3.63) is 46.8 Å². The molecule has 1 aromatic heterocycles. The van der Waals surface area contributed by atoms with E-state index in [1.807, 2.05) is 32.0 Å². The summed E-state index contributed by atoms with van der Waals surface area (Å²) in [5, 5.41) is 6.69. The second-order valence-corrected chi connectivity index (χ2v) is 4.40. The van der Waals surface area contributed by atoms with Gasteiger partial charge in [-0.1, -0.05) is 17.3 Å². The van der Waals surface area contributed by atoms with E-state index in [1.165, 1.54) is 0 Å². The van der Waals surface area contributed by atoms with E-state index in [0.29, 0.717) is 11.5 Å². The summed E-state index contributed by atoms with van der Waals surface area (Å²) >= 11 is 0. The first kappa shape index (κ1) is 12.4. The number of nitrogens with zero attached hydrogens (tertiary/aromatic N) is 1. The Morgan fingerprint density at radius 3 is 2.78 bits per heavy atom. The van der Waals surface area contributed by atoms with Gasteiger partial charge in [-0.3, -0.25) is 4.79 Å². The van der Waals surface area contributed by atoms with E-state index in [-0.39, 0.29) is 12.3 Å². The van der Waals surface area contributed by atoms with E-state index >= 15 is 0 Å². The number of benzene rings is 1. The normalized spacial score (nSPS) is 10.4. The molecular formula is C14H16N2O2. The van der Waals surface area contributed by atoms with Crippen molar-refractivity contribution in [1.29, 1.82) is 0 Å². The van der Waals surface area contributed by atoms with Crippen molar-refractivity contribution in [1.82, 2.24) is 5.16 Å². The molecule has 0 fully saturated rings. The quantitative estimate of drug-likeness (QED) is 0.903. The Balaban J connectivity index is 2.05. The monoisotopic (exact) mass is 244 g/mol. The van der Waals surface area contributed by atoms with Crippen LogP contribution in [-0.4, -0.2) is 11.1 Å². The second-order valence-electron chi connectivity index (χ2n) is 4.40. The van der Waals surface area contributed by atoms with Crippen LogP contribution >= 0.6 is 0 Å². The maximum Gasteiger partial charge on any atom is 0.230 e. The summed E-state index contributed by atoms with van der Waals surface area (Å²) < 4.78 is 4.93. The van der Waals surface area contributed by atoms with Crippen molar-refractivity contribution in [3.8, 4) is 0 Å². The van der Waals surface area contributed by atoms with Gasteiger partial charge in [0.2, 0.25) is 5.91 Å². The van der Waals surface area contributed by atoms with Gasteiger partial charge in [-0.25, -0.2) is 0 Å². The summed E-state index contributed by atoms with van der Waals surface area (Å²) in [7, 11) is 0. The molecule has 1 amide bonds. The summed E-state index contributed by atoms with van der Waals surface area (Å²) in [6, 6.07) is 7.61. The molecule has 0 spiro atoms. The lowest BCUT2D eigenvalue weighted by Gasteiger charge is -2.09. The molecule has 0 unspecified atom stereocenters. The molecule has 0 aliphatic carbocycles. The lowest BCUT2D eigenvalue weighted by molar-refractivity contribution is -0.115. The van der Waals surface area contributed by atoms with Crippen LogP contribution in [0.3, 0.4) is 0 Å². The molecule has 0 saturated heterocycles. The number of rotatable bonds is 3. The van der Waals surface area contributed by atoms with Crippen molar-refractivity contribution in [2.45, 2.75) is 27.2 Å². The van der Waals surface area contributed by atoms with E-state index in [9.17, 15) is 4.79 Å². The van der Waals surface area contributed by atoms with Crippen molar-refractivity contribution in [3.63, 3.8) is 0 Å². The van der Waals surface area contributed by atoms with E-state index in [1.54, 1.807) is 13.0 Å². The van der Waals surface area contributed by atoms with Crippen LogP contribution in [0.5, 0.6) is 0 Å². The molecule has 4 heteroatoms. The molecule has 1 heterocycles. The van der Waals surface area contributed by atoms with Crippen LogP contribution in [0.15, 0.2) is 28.8 Å². The molecule has 1 aromatic carbocycles. The zero-order valence-electron chi connectivity index (χ0n) is 10.8. The lowest BCUT2D eigenvalue weighted by Crippen LogP contribution is -2.15. The van der Waals surface area contributed by atoms with Crippen molar-refractivity contribution in [2.75, 3.05) is 5.32 Å². The van der Waals surface area contributed by atoms with Crippen LogP contribution < -0.4 is 5.32 Å². The Labute approximate surface area is 106 Å². The smallest absolute Gasteiger partial charge is 0.230 e. The topological polar surface area (TPSA) is 55.1 Å². The summed E-state index contributed by atoms with van der Waals surface area (Å²) in [4.78, 5) is 11.9. The predicted molar refractivity (Wildman–Crippen MR) is 69.5 cm³/mol. The van der Waals surface area contributed by atoms with Crippen LogP contribution in [0.25, 0.3) is 0 Å². The fourth-order valence-electron chi connectivity index (χ4n) is 1.75. The maximum absolute atomic E-state index is 11.9. The Hall–Kier alpha value is -2.10. The maximum atomic E-state index is 11.9. The third kappa shape index (κ3) is 2.77. The van der Waals surface area contributed by atoms with Crippen LogP contribution in [0, 0.1) is 20.8 Å². The van der Waals surface area contributed by atoms with Crippen LogP contribution in [0.1, 0.15) is 22.6 Å². The van der Waals surface area contributed by atoms with Gasteiger partial charge >= 0.3 is 0 Å². The number of carbonyl (C=O) groups excluding carboxylic acids is 1. The van der Waals surface area contributed by atoms with Crippen LogP contribution in [0.4, 0.5) is 5.69 Å². The number of nitrogens with one attached hydrogen (secondary N) is 1. The minimum atomic E-state index is -0.0861. The predicted octanol–water partition coefficient (Wildman–Crippen LogP) is 2.78. The first-order valence-electron chi connectivity index (χ1n) is 5.84. The fraction of sp³-hybridized carbons (Fsp3) is 0.286. The zero-order chi connectivity index (χ0) is 13.1. The van der Waals surface area contributed by atoms with Gasteiger partial charge in [0.1, 0.15) is 5.76 Å². The molecule has 1 N–H and O–H groups in total. The van der Waals surface area contributed by atoms with Crippen molar-refractivity contribution < 1.29 is 9.32 Å². The van der Waals surface area contributed by atoms with Crippen LogP contribution in [0.2, 0.25) is 0 Å². The molecule has 2 aromatic rings. The number of amides is 1. The second kappa shape index (κ2) is 5.04. The summed E-state index contributed by atoms with van der Waals surface area (Å²) in [6.45, 7) is 5.82. The third-order valence-corrected chi connectivity index (χ3v) is 2.90. The standard InChI is InChI=1S/C14H16N2O2/c1-9-5-4-6-13(11(9)3)15-14(17)8-12-7-10(2)18-16-12/h4-7H,8H2,1-3H3,(H,15,17). The van der Waals surface area contributed by atoms with Gasteiger partial charge in [0.05, 0.1) is 12.1 Å². The Bertz CT molecular complexity index is 573. The zero-order valence-corrected chi connectivity index (χ0v) is 10.8. The molecule has 0 bridgehead atoms. The molecule has 18 heavy (non-hydrogen) atoms. The number of aryl methyl sites for hydroxylation is 2. The Morgan fingerprint density at radius 2 is 2.11 bits per heavy atom. The van der Waals surface area contributed by atoms with E-state index in [0.717, 1.165) is 16.8 Å². The fourth-order valence-corrected chi connectivity index (χ4v) is 1.75. The lowest BCUT2D eigenvalue weighted by atomic mass is 10.1. The highest BCUT2D eigenvalue weighted by atomic mass is 16.5. The Kier molecular flexibility index (Phi) is 3.46. The summed E-state index contributed by atoms with van der Waals surface area (Å²) in [5.41, 5.74) is 3.74. The molecule has 2 rings (SSSR count). The van der Waals surface area contributed by atoms with E-state index < -0.39 is 0 Å². The molecule has 0 saturated carbocycles. The molecule has 0 aliphatic rings. The molecule has 0 atom stereocenters. The van der Waals surface area contributed by atoms with Gasteiger partial charge in [-0.15, -0.1) is 0 Å². The van der Waals surface area contributed by atoms with Crippen molar-refractivity contribution >= 4 is 11.6 Å². The van der Waals surface area contributed by atoms with Gasteiger partial charge in [0.25, 0.3) is 0 Å². The summed E-state index contributed by atoms with van der Waals surface area (Å²) in [6.07, 6.45) is 0.227. The molecule has 4 nitrogen and oxygen atoms in total. The molecule has 0 aliphatic heterocycles. The average Bonchev–Trinajstić information content (AvgIpc) is 2.70. The first-order chi connectivity index (χ1) is 8.56. The van der Waals surface area contributed by atoms with Gasteiger partial charge in [0, 0.05) is 11.8 Å².